The van der Waals surface area contributed by atoms with Crippen molar-refractivity contribution in [3.63, 3.8) is 0 Å². The number of rotatable bonds is 10. The molecular formula is C25H23F3IN3O3. The lowest BCUT2D eigenvalue weighted by molar-refractivity contribution is -0.137. The standard InChI is InChI=1S/C25H23F3IN3O3/c1-2-34-22-12-18(11-21(29)24(22)35-16-17-7-4-3-5-8-17)14-31-32-23(33)15-30-20-10-6-9-19(13-20)25(26,27)28/h3-14,30H,2,15-16H2,1H3,(H,32,33)/b31-14-. The molecule has 0 bridgehead atoms. The van der Waals surface area contributed by atoms with Crippen molar-refractivity contribution < 1.29 is 27.4 Å². The molecule has 35 heavy (non-hydrogen) atoms. The molecule has 184 valence electrons. The van der Waals surface area contributed by atoms with Gasteiger partial charge in [-0.3, -0.25) is 4.79 Å². The van der Waals surface area contributed by atoms with Crippen molar-refractivity contribution in [3.8, 4) is 11.5 Å². The van der Waals surface area contributed by atoms with E-state index in [1.165, 1.54) is 18.3 Å². The Bertz CT molecular complexity index is 1170. The van der Waals surface area contributed by atoms with Crippen LogP contribution < -0.4 is 20.2 Å². The summed E-state index contributed by atoms with van der Waals surface area (Å²) < 4.78 is 50.9. The molecule has 0 aliphatic heterocycles. The monoisotopic (exact) mass is 597 g/mol. The molecular weight excluding hydrogens is 574 g/mol. The number of carbonyl (C=O) groups is 1. The molecule has 0 unspecified atom stereocenters. The van der Waals surface area contributed by atoms with Crippen LogP contribution in [0.3, 0.4) is 0 Å². The lowest BCUT2D eigenvalue weighted by Crippen LogP contribution is -2.26. The number of ether oxygens (including phenoxy) is 2. The molecule has 0 saturated heterocycles. The molecule has 0 aromatic heterocycles. The first kappa shape index (κ1) is 26.3. The third-order valence-corrected chi connectivity index (χ3v) is 5.40. The van der Waals surface area contributed by atoms with Crippen LogP contribution in [-0.2, 0) is 17.6 Å². The van der Waals surface area contributed by atoms with Crippen LogP contribution in [0.2, 0.25) is 0 Å². The molecule has 3 aromatic carbocycles. The Morgan fingerprint density at radius 3 is 2.54 bits per heavy atom. The summed E-state index contributed by atoms with van der Waals surface area (Å²) in [5, 5.41) is 6.58. The third kappa shape index (κ3) is 8.16. The lowest BCUT2D eigenvalue weighted by atomic mass is 10.2. The van der Waals surface area contributed by atoms with E-state index in [2.05, 4.69) is 38.4 Å². The second-order valence-electron chi connectivity index (χ2n) is 7.26. The molecule has 1 amide bonds. The smallest absolute Gasteiger partial charge is 0.416 e. The number of hydrogen-bond acceptors (Lipinski definition) is 5. The van der Waals surface area contributed by atoms with Gasteiger partial charge in [0, 0.05) is 5.69 Å². The van der Waals surface area contributed by atoms with E-state index < -0.39 is 17.6 Å². The Hall–Kier alpha value is -3.28. The van der Waals surface area contributed by atoms with Crippen LogP contribution in [0.4, 0.5) is 18.9 Å². The minimum Gasteiger partial charge on any atom is -0.490 e. The highest BCUT2D eigenvalue weighted by Gasteiger charge is 2.30. The van der Waals surface area contributed by atoms with Crippen molar-refractivity contribution in [1.29, 1.82) is 0 Å². The van der Waals surface area contributed by atoms with Crippen molar-refractivity contribution in [3.05, 3.63) is 87.0 Å². The summed E-state index contributed by atoms with van der Waals surface area (Å²) in [4.78, 5) is 12.0. The first-order chi connectivity index (χ1) is 16.8. The lowest BCUT2D eigenvalue weighted by Gasteiger charge is -2.14. The molecule has 3 rings (SSSR count). The van der Waals surface area contributed by atoms with E-state index in [9.17, 15) is 18.0 Å². The van der Waals surface area contributed by atoms with Crippen molar-refractivity contribution in [2.75, 3.05) is 18.5 Å². The fraction of sp³-hybridized carbons (Fsp3) is 0.200. The molecule has 0 atom stereocenters. The largest absolute Gasteiger partial charge is 0.490 e. The van der Waals surface area contributed by atoms with Gasteiger partial charge in [-0.2, -0.15) is 18.3 Å². The predicted molar refractivity (Wildman–Crippen MR) is 137 cm³/mol. The van der Waals surface area contributed by atoms with Crippen molar-refractivity contribution in [2.45, 2.75) is 19.7 Å². The summed E-state index contributed by atoms with van der Waals surface area (Å²) in [7, 11) is 0. The van der Waals surface area contributed by atoms with Crippen LogP contribution in [0, 0.1) is 3.57 Å². The van der Waals surface area contributed by atoms with E-state index in [4.69, 9.17) is 9.47 Å². The van der Waals surface area contributed by atoms with Gasteiger partial charge < -0.3 is 14.8 Å². The number of anilines is 1. The maximum absolute atomic E-state index is 12.8. The third-order valence-electron chi connectivity index (χ3n) is 4.60. The molecule has 2 N–H and O–H groups in total. The van der Waals surface area contributed by atoms with Crippen molar-refractivity contribution in [2.24, 2.45) is 5.10 Å². The van der Waals surface area contributed by atoms with Crippen LogP contribution in [0.1, 0.15) is 23.6 Å². The number of hydrogen-bond donors (Lipinski definition) is 2. The maximum Gasteiger partial charge on any atom is 0.416 e. The van der Waals surface area contributed by atoms with E-state index in [0.29, 0.717) is 30.3 Å². The molecule has 0 fully saturated rings. The molecule has 6 nitrogen and oxygen atoms in total. The summed E-state index contributed by atoms with van der Waals surface area (Å²) >= 11 is 2.14. The van der Waals surface area contributed by atoms with Gasteiger partial charge in [0.15, 0.2) is 11.5 Å². The number of amides is 1. The normalized spacial score (nSPS) is 11.3. The molecule has 0 heterocycles. The van der Waals surface area contributed by atoms with Gasteiger partial charge in [-0.15, -0.1) is 0 Å². The molecule has 0 saturated carbocycles. The van der Waals surface area contributed by atoms with Crippen LogP contribution in [0.15, 0.2) is 71.8 Å². The van der Waals surface area contributed by atoms with Crippen LogP contribution in [0.5, 0.6) is 11.5 Å². The highest BCUT2D eigenvalue weighted by atomic mass is 127. The van der Waals surface area contributed by atoms with Crippen LogP contribution >= 0.6 is 22.6 Å². The molecule has 0 radical (unpaired) electrons. The molecule has 0 aliphatic carbocycles. The van der Waals surface area contributed by atoms with Gasteiger partial charge in [0.2, 0.25) is 0 Å². The Balaban J connectivity index is 1.59. The SMILES string of the molecule is CCOc1cc(/C=N\NC(=O)CNc2cccc(C(F)(F)F)c2)cc(I)c1OCc1ccccc1. The molecule has 10 heteroatoms. The summed E-state index contributed by atoms with van der Waals surface area (Å²) in [5.74, 6) is 0.651. The van der Waals surface area contributed by atoms with E-state index in [-0.39, 0.29) is 12.2 Å². The Kier molecular flexibility index (Phi) is 9.35. The van der Waals surface area contributed by atoms with Gasteiger partial charge in [0.05, 0.1) is 28.5 Å². The highest BCUT2D eigenvalue weighted by Crippen LogP contribution is 2.34. The van der Waals surface area contributed by atoms with Crippen LogP contribution in [-0.4, -0.2) is 25.3 Å². The number of carbonyl (C=O) groups excluding carboxylic acids is 1. The average Bonchev–Trinajstić information content (AvgIpc) is 2.83. The van der Waals surface area contributed by atoms with Gasteiger partial charge in [-0.25, -0.2) is 5.43 Å². The van der Waals surface area contributed by atoms with E-state index in [0.717, 1.165) is 21.3 Å². The first-order valence-electron chi connectivity index (χ1n) is 10.6. The minimum absolute atomic E-state index is 0.181. The Morgan fingerprint density at radius 1 is 1.06 bits per heavy atom. The van der Waals surface area contributed by atoms with Crippen LogP contribution in [0.25, 0.3) is 0 Å². The quantitative estimate of drug-likeness (QED) is 0.175. The Morgan fingerprint density at radius 2 is 1.83 bits per heavy atom. The van der Waals surface area contributed by atoms with Gasteiger partial charge in [-0.05, 0) is 71.0 Å². The van der Waals surface area contributed by atoms with Crippen molar-refractivity contribution in [1.82, 2.24) is 5.43 Å². The number of halogens is 4. The minimum atomic E-state index is -4.45. The second-order valence-corrected chi connectivity index (χ2v) is 8.42. The van der Waals surface area contributed by atoms with Gasteiger partial charge >= 0.3 is 6.18 Å². The number of alkyl halides is 3. The zero-order chi connectivity index (χ0) is 25.3. The zero-order valence-corrected chi connectivity index (χ0v) is 20.9. The number of benzene rings is 3. The topological polar surface area (TPSA) is 72.0 Å². The number of nitrogens with one attached hydrogen (secondary N) is 2. The first-order valence-corrected chi connectivity index (χ1v) is 11.7. The fourth-order valence-electron chi connectivity index (χ4n) is 3.00. The summed E-state index contributed by atoms with van der Waals surface area (Å²) in [6.45, 7) is 2.45. The van der Waals surface area contributed by atoms with E-state index in [1.807, 2.05) is 43.3 Å². The fourth-order valence-corrected chi connectivity index (χ4v) is 3.78. The summed E-state index contributed by atoms with van der Waals surface area (Å²) in [6, 6.07) is 18.0. The highest BCUT2D eigenvalue weighted by molar-refractivity contribution is 14.1. The molecule has 0 spiro atoms. The number of hydrazone groups is 1. The molecule has 0 aliphatic rings. The zero-order valence-electron chi connectivity index (χ0n) is 18.7. The van der Waals surface area contributed by atoms with Gasteiger partial charge in [0.25, 0.3) is 5.91 Å². The Labute approximate surface area is 214 Å². The molecule has 3 aromatic rings. The van der Waals surface area contributed by atoms with Gasteiger partial charge in [0.1, 0.15) is 6.61 Å². The average molecular weight is 597 g/mol. The summed E-state index contributed by atoms with van der Waals surface area (Å²) in [6.07, 6.45) is -3.00. The number of nitrogens with zero attached hydrogens (tertiary/aromatic N) is 1. The van der Waals surface area contributed by atoms with Crippen molar-refractivity contribution >= 4 is 40.4 Å². The summed E-state index contributed by atoms with van der Waals surface area (Å²) in [5.41, 5.74) is 3.44. The van der Waals surface area contributed by atoms with E-state index >= 15 is 0 Å². The second kappa shape index (κ2) is 12.4. The maximum atomic E-state index is 12.8. The van der Waals surface area contributed by atoms with Gasteiger partial charge in [-0.1, -0.05) is 36.4 Å². The predicted octanol–water partition coefficient (Wildman–Crippen LogP) is 5.85. The van der Waals surface area contributed by atoms with E-state index in [1.54, 1.807) is 6.07 Å².